The average molecular weight is 389 g/mol. The number of halogens is 4. The number of carbonyl (C=O) groups is 2. The fourth-order valence-electron chi connectivity index (χ4n) is 2.06. The molecule has 0 radical (unpaired) electrons. The van der Waals surface area contributed by atoms with Crippen molar-refractivity contribution < 1.29 is 32.5 Å². The lowest BCUT2D eigenvalue weighted by molar-refractivity contribution is -0.362. The molecule has 0 spiro atoms. The van der Waals surface area contributed by atoms with E-state index in [9.17, 15) is 22.8 Å². The largest absolute Gasteiger partial charge is 0.464 e. The van der Waals surface area contributed by atoms with Crippen molar-refractivity contribution in [1.82, 2.24) is 5.32 Å². The number of H-pyrrole nitrogens is 1. The summed E-state index contributed by atoms with van der Waals surface area (Å²) in [4.78, 5) is 26.8. The molecule has 1 amide bonds. The Morgan fingerprint density at radius 2 is 1.77 bits per heavy atom. The molecule has 26 heavy (non-hydrogen) atoms. The van der Waals surface area contributed by atoms with Crippen LogP contribution in [-0.2, 0) is 9.53 Å². The maximum Gasteiger partial charge on any atom is 0.464 e. The number of hydrogen-bond acceptors (Lipinski definition) is 4. The second-order valence-electron chi connectivity index (χ2n) is 5.11. The predicted octanol–water partition coefficient (Wildman–Crippen LogP) is 2.43. The van der Waals surface area contributed by atoms with E-state index in [2.05, 4.69) is 9.72 Å². The summed E-state index contributed by atoms with van der Waals surface area (Å²) in [6, 6.07) is 9.64. The van der Waals surface area contributed by atoms with E-state index >= 15 is 0 Å². The molecular weight excluding hydrogens is 375 g/mol. The van der Waals surface area contributed by atoms with E-state index in [1.807, 2.05) is 5.32 Å². The minimum absolute atomic E-state index is 0.0630. The van der Waals surface area contributed by atoms with Crippen LogP contribution in [0.25, 0.3) is 0 Å². The molecule has 2 rings (SSSR count). The van der Waals surface area contributed by atoms with Gasteiger partial charge in [-0.15, -0.1) is 0 Å². The van der Waals surface area contributed by atoms with Gasteiger partial charge < -0.3 is 4.74 Å². The third-order valence-corrected chi connectivity index (χ3v) is 3.59. The van der Waals surface area contributed by atoms with Crippen LogP contribution in [0.15, 0.2) is 48.7 Å². The molecule has 1 aromatic heterocycles. The van der Waals surface area contributed by atoms with Crippen molar-refractivity contribution in [2.24, 2.45) is 0 Å². The summed E-state index contributed by atoms with van der Waals surface area (Å²) in [5.74, 6) is -3.07. The lowest BCUT2D eigenvalue weighted by Crippen LogP contribution is -2.69. The molecule has 0 bridgehead atoms. The van der Waals surface area contributed by atoms with Crippen LogP contribution in [0.2, 0.25) is 5.02 Å². The van der Waals surface area contributed by atoms with Crippen LogP contribution in [0.5, 0.6) is 0 Å². The number of amides is 1. The zero-order valence-electron chi connectivity index (χ0n) is 13.4. The van der Waals surface area contributed by atoms with Gasteiger partial charge in [-0.1, -0.05) is 29.8 Å². The normalized spacial score (nSPS) is 13.4. The predicted molar refractivity (Wildman–Crippen MR) is 86.3 cm³/mol. The van der Waals surface area contributed by atoms with Crippen LogP contribution in [0, 0.1) is 0 Å². The molecular formula is C16H14ClF3N3O3+. The number of methoxy groups -OCH3 is 1. The van der Waals surface area contributed by atoms with Crippen LogP contribution in [0.3, 0.4) is 0 Å². The van der Waals surface area contributed by atoms with Crippen LogP contribution in [0.1, 0.15) is 10.4 Å². The molecule has 1 atom stereocenters. The molecule has 6 nitrogen and oxygen atoms in total. The number of ether oxygens (including phenoxy) is 1. The van der Waals surface area contributed by atoms with Crippen molar-refractivity contribution in [1.29, 1.82) is 0 Å². The number of alkyl halides is 3. The molecule has 0 fully saturated rings. The third kappa shape index (κ3) is 4.05. The first-order valence-electron chi connectivity index (χ1n) is 7.18. The second-order valence-corrected chi connectivity index (χ2v) is 5.54. The maximum absolute atomic E-state index is 13.8. The highest BCUT2D eigenvalue weighted by molar-refractivity contribution is 6.30. The Labute approximate surface area is 151 Å². The van der Waals surface area contributed by atoms with E-state index in [-0.39, 0.29) is 16.4 Å². The minimum atomic E-state index is -5.22. The van der Waals surface area contributed by atoms with Crippen molar-refractivity contribution in [2.75, 3.05) is 12.4 Å². The molecule has 0 saturated carbocycles. The Kier molecular flexibility index (Phi) is 5.71. The number of carbonyl (C=O) groups excluding carboxylic acids is 2. The number of rotatable bonds is 5. The number of aromatic nitrogens is 1. The maximum atomic E-state index is 13.8. The smallest absolute Gasteiger partial charge is 0.464 e. The zero-order chi connectivity index (χ0) is 19.4. The van der Waals surface area contributed by atoms with E-state index in [1.54, 1.807) is 11.4 Å². The zero-order valence-corrected chi connectivity index (χ0v) is 14.1. The van der Waals surface area contributed by atoms with Gasteiger partial charge in [0.15, 0.2) is 0 Å². The van der Waals surface area contributed by atoms with Gasteiger partial charge in [-0.3, -0.25) is 10.1 Å². The number of benzene rings is 1. The van der Waals surface area contributed by atoms with Gasteiger partial charge in [-0.25, -0.2) is 15.1 Å². The van der Waals surface area contributed by atoms with Crippen molar-refractivity contribution in [3.05, 3.63) is 59.2 Å². The second kappa shape index (κ2) is 7.61. The molecule has 0 saturated heterocycles. The summed E-state index contributed by atoms with van der Waals surface area (Å²) in [6.07, 6.45) is -4.01. The fraction of sp³-hybridized carbons (Fsp3) is 0.188. The van der Waals surface area contributed by atoms with Gasteiger partial charge in [0, 0.05) is 11.6 Å². The van der Waals surface area contributed by atoms with Crippen LogP contribution in [0.4, 0.5) is 19.0 Å². The van der Waals surface area contributed by atoms with E-state index in [0.717, 1.165) is 7.11 Å². The van der Waals surface area contributed by atoms with Crippen molar-refractivity contribution in [3.8, 4) is 0 Å². The van der Waals surface area contributed by atoms with Gasteiger partial charge in [0.05, 0.1) is 12.1 Å². The van der Waals surface area contributed by atoms with Gasteiger partial charge in [0.2, 0.25) is 0 Å². The van der Waals surface area contributed by atoms with E-state index in [0.29, 0.717) is 0 Å². The van der Waals surface area contributed by atoms with E-state index in [1.165, 1.54) is 42.6 Å². The summed E-state index contributed by atoms with van der Waals surface area (Å²) in [5.41, 5.74) is -3.58. The first-order valence-corrected chi connectivity index (χ1v) is 7.55. The summed E-state index contributed by atoms with van der Waals surface area (Å²) in [5, 5.41) is 3.90. The first kappa shape index (κ1) is 19.5. The summed E-state index contributed by atoms with van der Waals surface area (Å²) in [6.45, 7) is 0. The Bertz CT molecular complexity index is 785. The van der Waals surface area contributed by atoms with Crippen LogP contribution in [-0.4, -0.2) is 30.8 Å². The molecule has 138 valence electrons. The monoisotopic (exact) mass is 388 g/mol. The average Bonchev–Trinajstić information content (AvgIpc) is 2.62. The number of esters is 1. The summed E-state index contributed by atoms with van der Waals surface area (Å²) in [7, 11) is 0.782. The molecule has 1 heterocycles. The Morgan fingerprint density at radius 1 is 1.12 bits per heavy atom. The third-order valence-electron chi connectivity index (χ3n) is 3.35. The van der Waals surface area contributed by atoms with Crippen LogP contribution < -0.4 is 15.6 Å². The minimum Gasteiger partial charge on any atom is -0.464 e. The summed E-state index contributed by atoms with van der Waals surface area (Å²) < 4.78 is 45.8. The van der Waals surface area contributed by atoms with Crippen molar-refractivity contribution in [3.63, 3.8) is 0 Å². The highest BCUT2D eigenvalue weighted by atomic mass is 35.5. The fourth-order valence-corrected chi connectivity index (χ4v) is 2.18. The van der Waals surface area contributed by atoms with E-state index in [4.69, 9.17) is 11.6 Å². The Morgan fingerprint density at radius 3 is 2.27 bits per heavy atom. The molecule has 3 N–H and O–H groups in total. The number of nitrogens with one attached hydrogen (secondary N) is 3. The van der Waals surface area contributed by atoms with Gasteiger partial charge in [-0.05, 0) is 18.2 Å². The molecule has 0 aliphatic rings. The van der Waals surface area contributed by atoms with E-state index < -0.39 is 23.7 Å². The number of pyridine rings is 1. The van der Waals surface area contributed by atoms with Crippen molar-refractivity contribution >= 4 is 29.3 Å². The van der Waals surface area contributed by atoms with Gasteiger partial charge in [-0.2, -0.15) is 13.2 Å². The molecule has 2 aromatic rings. The topological polar surface area (TPSA) is 81.6 Å². The summed E-state index contributed by atoms with van der Waals surface area (Å²) >= 11 is 5.68. The first-order chi connectivity index (χ1) is 12.2. The lowest BCUT2D eigenvalue weighted by Gasteiger charge is -2.30. The van der Waals surface area contributed by atoms with Crippen molar-refractivity contribution in [2.45, 2.75) is 11.8 Å². The van der Waals surface area contributed by atoms with Gasteiger partial charge in [0.25, 0.3) is 11.7 Å². The highest BCUT2D eigenvalue weighted by Crippen LogP contribution is 2.32. The standard InChI is InChI=1S/C16H13ClF3N3O3/c1-26-14(25)15(16(18,19)20,22-12-8-7-11(17)9-21-12)23-13(24)10-5-3-2-4-6-10/h2-9H,1H3,(H,21,22)(H,23,24)/p+1/t15-/m0/s1. The lowest BCUT2D eigenvalue weighted by atomic mass is 10.1. The molecule has 1 aromatic carbocycles. The SMILES string of the molecule is COC(=O)[C@@](NC(=O)c1ccccc1)(Nc1ccc(Cl)c[nH+]1)C(F)(F)F. The molecule has 10 heteroatoms. The highest BCUT2D eigenvalue weighted by Gasteiger charge is 2.67. The number of hydrogen-bond donors (Lipinski definition) is 2. The number of anilines is 1. The quantitative estimate of drug-likeness (QED) is 0.609. The van der Waals surface area contributed by atoms with Gasteiger partial charge in [0.1, 0.15) is 6.20 Å². The Balaban J connectivity index is 2.47. The number of aromatic amines is 1. The Hall–Kier alpha value is -2.81. The molecule has 0 aliphatic carbocycles. The van der Waals surface area contributed by atoms with Gasteiger partial charge >= 0.3 is 17.8 Å². The molecule has 0 unspecified atom stereocenters. The molecule has 0 aliphatic heterocycles. The van der Waals surface area contributed by atoms with Crippen LogP contribution >= 0.6 is 11.6 Å².